The van der Waals surface area contributed by atoms with Gasteiger partial charge >= 0.3 is 0 Å². The maximum Gasteiger partial charge on any atom is 0.278 e. The minimum atomic E-state index is -0.105. The largest absolute Gasteiger partial charge is 0.328 e. The third kappa shape index (κ3) is 2.85. The Morgan fingerprint density at radius 1 is 1.00 bits per heavy atom. The highest BCUT2D eigenvalue weighted by molar-refractivity contribution is 6.05. The van der Waals surface area contributed by atoms with Crippen LogP contribution < -0.4 is 9.80 Å². The molecule has 0 unspecified atom stereocenters. The molecule has 2 heterocycles. The van der Waals surface area contributed by atoms with Gasteiger partial charge in [0.1, 0.15) is 5.69 Å². The number of para-hydroxylation sites is 2. The lowest BCUT2D eigenvalue weighted by Crippen LogP contribution is -2.29. The van der Waals surface area contributed by atoms with Crippen LogP contribution in [0, 0.1) is 0 Å². The molecule has 5 heteroatoms. The predicted octanol–water partition coefficient (Wildman–Crippen LogP) is 3.45. The molecule has 1 amide bonds. The normalized spacial score (nSPS) is 12.8. The summed E-state index contributed by atoms with van der Waals surface area (Å²) in [6.07, 6.45) is 4.07. The second-order valence-corrected chi connectivity index (χ2v) is 5.99. The van der Waals surface area contributed by atoms with E-state index < -0.39 is 0 Å². The smallest absolute Gasteiger partial charge is 0.278 e. The zero-order valence-corrected chi connectivity index (χ0v) is 14.0. The number of carbonyl (C=O) groups is 1. The Hall–Kier alpha value is -3.21. The molecule has 25 heavy (non-hydrogen) atoms. The SMILES string of the molecule is CN(c1ccccc1)c1cnc(C(=O)N2CCc3ccccc32)cn1. The monoisotopic (exact) mass is 330 g/mol. The number of fused-ring (bicyclic) bond motifs is 1. The lowest BCUT2D eigenvalue weighted by molar-refractivity contribution is 0.0984. The molecule has 4 rings (SSSR count). The topological polar surface area (TPSA) is 49.3 Å². The average Bonchev–Trinajstić information content (AvgIpc) is 3.12. The zero-order chi connectivity index (χ0) is 17.2. The second-order valence-electron chi connectivity index (χ2n) is 5.99. The van der Waals surface area contributed by atoms with Crippen LogP contribution in [0.5, 0.6) is 0 Å². The van der Waals surface area contributed by atoms with Crippen molar-refractivity contribution in [3.05, 3.63) is 78.2 Å². The second kappa shape index (κ2) is 6.36. The minimum absolute atomic E-state index is 0.105. The highest BCUT2D eigenvalue weighted by Crippen LogP contribution is 2.28. The van der Waals surface area contributed by atoms with Crippen LogP contribution in [0.25, 0.3) is 0 Å². The van der Waals surface area contributed by atoms with E-state index in [9.17, 15) is 4.79 Å². The molecule has 0 fully saturated rings. The first-order valence-corrected chi connectivity index (χ1v) is 8.24. The van der Waals surface area contributed by atoms with Gasteiger partial charge < -0.3 is 9.80 Å². The highest BCUT2D eigenvalue weighted by Gasteiger charge is 2.26. The molecule has 1 aromatic heterocycles. The van der Waals surface area contributed by atoms with Crippen LogP contribution in [-0.2, 0) is 6.42 Å². The summed E-state index contributed by atoms with van der Waals surface area (Å²) in [5, 5.41) is 0. The van der Waals surface area contributed by atoms with E-state index in [0.29, 0.717) is 18.1 Å². The number of carbonyl (C=O) groups excluding carboxylic acids is 1. The molecule has 3 aromatic rings. The van der Waals surface area contributed by atoms with Crippen molar-refractivity contribution in [2.75, 3.05) is 23.4 Å². The Bertz CT molecular complexity index is 893. The van der Waals surface area contributed by atoms with Gasteiger partial charge in [-0.25, -0.2) is 9.97 Å². The lowest BCUT2D eigenvalue weighted by atomic mass is 10.2. The summed E-state index contributed by atoms with van der Waals surface area (Å²) in [5.74, 6) is 0.593. The molecule has 0 saturated carbocycles. The Balaban J connectivity index is 1.56. The molecule has 0 atom stereocenters. The number of rotatable bonds is 3. The molecule has 0 aliphatic carbocycles. The first-order valence-electron chi connectivity index (χ1n) is 8.24. The summed E-state index contributed by atoms with van der Waals surface area (Å²) >= 11 is 0. The van der Waals surface area contributed by atoms with Crippen LogP contribution in [0.3, 0.4) is 0 Å². The molecule has 1 aliphatic heterocycles. The molecular formula is C20H18N4O. The van der Waals surface area contributed by atoms with E-state index in [0.717, 1.165) is 17.8 Å². The Morgan fingerprint density at radius 2 is 1.76 bits per heavy atom. The third-order valence-corrected chi connectivity index (χ3v) is 4.48. The Labute approximate surface area is 146 Å². The van der Waals surface area contributed by atoms with E-state index >= 15 is 0 Å². The summed E-state index contributed by atoms with van der Waals surface area (Å²) < 4.78 is 0. The third-order valence-electron chi connectivity index (χ3n) is 4.48. The molecule has 0 spiro atoms. The van der Waals surface area contributed by atoms with Gasteiger partial charge in [-0.05, 0) is 30.2 Å². The van der Waals surface area contributed by atoms with Crippen molar-refractivity contribution in [3.8, 4) is 0 Å². The van der Waals surface area contributed by atoms with Gasteiger partial charge in [-0.15, -0.1) is 0 Å². The fourth-order valence-electron chi connectivity index (χ4n) is 3.08. The van der Waals surface area contributed by atoms with E-state index in [1.165, 1.54) is 5.56 Å². The molecule has 5 nitrogen and oxygen atoms in total. The fourth-order valence-corrected chi connectivity index (χ4v) is 3.08. The summed E-state index contributed by atoms with van der Waals surface area (Å²) in [6, 6.07) is 17.9. The van der Waals surface area contributed by atoms with Gasteiger partial charge in [0.25, 0.3) is 5.91 Å². The number of amides is 1. The van der Waals surface area contributed by atoms with Gasteiger partial charge in [0.15, 0.2) is 5.82 Å². The molecule has 0 saturated heterocycles. The number of anilines is 3. The van der Waals surface area contributed by atoms with E-state index in [-0.39, 0.29) is 5.91 Å². The molecule has 0 radical (unpaired) electrons. The number of nitrogens with zero attached hydrogens (tertiary/aromatic N) is 4. The average molecular weight is 330 g/mol. The van der Waals surface area contributed by atoms with Gasteiger partial charge in [-0.1, -0.05) is 36.4 Å². The van der Waals surface area contributed by atoms with Gasteiger partial charge in [0.05, 0.1) is 12.4 Å². The summed E-state index contributed by atoms with van der Waals surface area (Å²) in [4.78, 5) is 25.3. The Kier molecular flexibility index (Phi) is 3.90. The van der Waals surface area contributed by atoms with Crippen molar-refractivity contribution >= 4 is 23.1 Å². The van der Waals surface area contributed by atoms with E-state index in [4.69, 9.17) is 0 Å². The summed E-state index contributed by atoms with van der Waals surface area (Å²) in [7, 11) is 1.93. The van der Waals surface area contributed by atoms with E-state index in [2.05, 4.69) is 16.0 Å². The summed E-state index contributed by atoms with van der Waals surface area (Å²) in [5.41, 5.74) is 3.55. The van der Waals surface area contributed by atoms with Crippen LogP contribution in [-0.4, -0.2) is 29.5 Å². The molecule has 2 aromatic carbocycles. The number of hydrogen-bond donors (Lipinski definition) is 0. The van der Waals surface area contributed by atoms with Crippen LogP contribution in [0.4, 0.5) is 17.2 Å². The van der Waals surface area contributed by atoms with Crippen molar-refractivity contribution in [1.82, 2.24) is 9.97 Å². The first kappa shape index (κ1) is 15.3. The molecule has 0 N–H and O–H groups in total. The first-order chi connectivity index (χ1) is 12.2. The van der Waals surface area contributed by atoms with Gasteiger partial charge in [0, 0.05) is 25.0 Å². The van der Waals surface area contributed by atoms with Gasteiger partial charge in [-0.3, -0.25) is 4.79 Å². The van der Waals surface area contributed by atoms with E-state index in [1.54, 1.807) is 17.3 Å². The quantitative estimate of drug-likeness (QED) is 0.738. The van der Waals surface area contributed by atoms with E-state index in [1.807, 2.05) is 60.5 Å². The van der Waals surface area contributed by atoms with Crippen molar-refractivity contribution in [1.29, 1.82) is 0 Å². The van der Waals surface area contributed by atoms with Crippen LogP contribution in [0.2, 0.25) is 0 Å². The maximum atomic E-state index is 12.8. The number of benzene rings is 2. The molecule has 1 aliphatic rings. The van der Waals surface area contributed by atoms with Crippen LogP contribution >= 0.6 is 0 Å². The highest BCUT2D eigenvalue weighted by atomic mass is 16.2. The zero-order valence-electron chi connectivity index (χ0n) is 14.0. The maximum absolute atomic E-state index is 12.8. The molecular weight excluding hydrogens is 312 g/mol. The van der Waals surface area contributed by atoms with Crippen LogP contribution in [0.15, 0.2) is 67.0 Å². The van der Waals surface area contributed by atoms with Crippen molar-refractivity contribution in [3.63, 3.8) is 0 Å². The van der Waals surface area contributed by atoms with Gasteiger partial charge in [0.2, 0.25) is 0 Å². The predicted molar refractivity (Wildman–Crippen MR) is 98.4 cm³/mol. The number of hydrogen-bond acceptors (Lipinski definition) is 4. The molecule has 0 bridgehead atoms. The Morgan fingerprint density at radius 3 is 2.52 bits per heavy atom. The van der Waals surface area contributed by atoms with Crippen LogP contribution in [0.1, 0.15) is 16.1 Å². The molecule has 124 valence electrons. The standard InChI is InChI=1S/C20H18N4O/c1-23(16-8-3-2-4-9-16)19-14-21-17(13-22-19)20(25)24-12-11-15-7-5-6-10-18(15)24/h2-10,13-14H,11-12H2,1H3. The number of aromatic nitrogens is 2. The summed E-state index contributed by atoms with van der Waals surface area (Å²) in [6.45, 7) is 0.686. The van der Waals surface area contributed by atoms with Crippen molar-refractivity contribution in [2.24, 2.45) is 0 Å². The van der Waals surface area contributed by atoms with Crippen molar-refractivity contribution < 1.29 is 4.79 Å². The van der Waals surface area contributed by atoms with Gasteiger partial charge in [-0.2, -0.15) is 0 Å². The fraction of sp³-hybridized carbons (Fsp3) is 0.150. The minimum Gasteiger partial charge on any atom is -0.328 e. The van der Waals surface area contributed by atoms with Crippen molar-refractivity contribution in [2.45, 2.75) is 6.42 Å². The lowest BCUT2D eigenvalue weighted by Gasteiger charge is -2.19.